The molecule has 2 heterocycles. The number of hydrogen-bond acceptors (Lipinski definition) is 3. The van der Waals surface area contributed by atoms with Crippen LogP contribution >= 0.6 is 0 Å². The summed E-state index contributed by atoms with van der Waals surface area (Å²) in [5, 5.41) is 3.35. The van der Waals surface area contributed by atoms with Crippen LogP contribution in [-0.4, -0.2) is 25.4 Å². The van der Waals surface area contributed by atoms with E-state index in [2.05, 4.69) is 16.4 Å². The average molecular weight is 174 g/mol. The van der Waals surface area contributed by atoms with Gasteiger partial charge in [0.1, 0.15) is 12.4 Å². The zero-order valence-electron chi connectivity index (χ0n) is 7.16. The molecule has 13 heavy (non-hydrogen) atoms. The van der Waals surface area contributed by atoms with Crippen LogP contribution in [0.1, 0.15) is 0 Å². The number of ether oxygens (including phenoxy) is 1. The minimum Gasteiger partial charge on any atom is -0.490 e. The number of hydrogen-bond donors (Lipinski definition) is 1. The van der Waals surface area contributed by atoms with E-state index >= 15 is 0 Å². The highest BCUT2D eigenvalue weighted by Crippen LogP contribution is 2.29. The third-order valence-corrected chi connectivity index (χ3v) is 2.45. The summed E-state index contributed by atoms with van der Waals surface area (Å²) >= 11 is 0. The van der Waals surface area contributed by atoms with Gasteiger partial charge in [-0.25, -0.2) is 0 Å². The van der Waals surface area contributed by atoms with E-state index in [0.717, 1.165) is 24.6 Å². The molecule has 0 bridgehead atoms. The van der Waals surface area contributed by atoms with Crippen LogP contribution in [0.3, 0.4) is 0 Å². The van der Waals surface area contributed by atoms with Gasteiger partial charge in [0, 0.05) is 18.3 Å². The van der Waals surface area contributed by atoms with E-state index in [1.54, 1.807) is 0 Å². The second-order valence-electron chi connectivity index (χ2n) is 3.24. The highest BCUT2D eigenvalue weighted by Gasteiger charge is 2.26. The maximum Gasteiger partial charge on any atom is 0.142 e. The lowest BCUT2D eigenvalue weighted by molar-refractivity contribution is 0.203. The largest absolute Gasteiger partial charge is 0.490 e. The van der Waals surface area contributed by atoms with Gasteiger partial charge in [-0.15, -0.1) is 0 Å². The summed E-state index contributed by atoms with van der Waals surface area (Å²) in [4.78, 5) is 4.31. The van der Waals surface area contributed by atoms with Crippen molar-refractivity contribution in [3.8, 4) is 0 Å². The molecule has 3 rings (SSSR count). The minimum atomic E-state index is 0.216. The molecule has 3 heteroatoms. The number of allylic oxidation sites excluding steroid dienone is 2. The second kappa shape index (κ2) is 2.49. The van der Waals surface area contributed by atoms with Crippen LogP contribution in [-0.2, 0) is 4.74 Å². The third kappa shape index (κ3) is 0.932. The van der Waals surface area contributed by atoms with Crippen LogP contribution in [0.25, 0.3) is 0 Å². The van der Waals surface area contributed by atoms with Crippen molar-refractivity contribution in [2.45, 2.75) is 6.04 Å². The fourth-order valence-corrected chi connectivity index (χ4v) is 1.83. The lowest BCUT2D eigenvalue weighted by Crippen LogP contribution is -2.30. The summed E-state index contributed by atoms with van der Waals surface area (Å²) in [5.41, 5.74) is 2.36. The first kappa shape index (κ1) is 6.95. The third-order valence-electron chi connectivity index (χ3n) is 2.45. The Kier molecular flexibility index (Phi) is 1.33. The maximum absolute atomic E-state index is 5.52. The van der Waals surface area contributed by atoms with Crippen LogP contribution in [0.4, 0.5) is 0 Å². The van der Waals surface area contributed by atoms with E-state index in [1.165, 1.54) is 5.57 Å². The van der Waals surface area contributed by atoms with Gasteiger partial charge in [0.05, 0.1) is 11.7 Å². The molecule has 3 aliphatic rings. The first-order chi connectivity index (χ1) is 6.45. The van der Waals surface area contributed by atoms with Crippen LogP contribution < -0.4 is 5.32 Å². The average Bonchev–Trinajstić information content (AvgIpc) is 2.65. The molecule has 0 aromatic carbocycles. The molecule has 0 aromatic heterocycles. The van der Waals surface area contributed by atoms with Crippen molar-refractivity contribution < 1.29 is 4.74 Å². The Morgan fingerprint density at radius 1 is 1.54 bits per heavy atom. The van der Waals surface area contributed by atoms with Crippen LogP contribution in [0.5, 0.6) is 0 Å². The molecule has 1 N–H and O–H groups in total. The standard InChI is InChI=1S/C10H10N2O/c1-2-9-10(12-5-6-13-9)7-3-4-11-8(1)7/h1-4,8,12H,5-6H2. The summed E-state index contributed by atoms with van der Waals surface area (Å²) in [6.45, 7) is 1.64. The van der Waals surface area contributed by atoms with Crippen LogP contribution in [0.15, 0.2) is 40.2 Å². The number of nitrogens with zero attached hydrogens (tertiary/aromatic N) is 1. The van der Waals surface area contributed by atoms with E-state index in [0.29, 0.717) is 0 Å². The Morgan fingerprint density at radius 2 is 2.54 bits per heavy atom. The molecule has 2 aliphatic heterocycles. The summed E-state index contributed by atoms with van der Waals surface area (Å²) in [6.07, 6.45) is 7.98. The molecule has 0 spiro atoms. The van der Waals surface area contributed by atoms with Gasteiger partial charge in [-0.2, -0.15) is 0 Å². The maximum atomic E-state index is 5.52. The minimum absolute atomic E-state index is 0.216. The van der Waals surface area contributed by atoms with Gasteiger partial charge in [0.2, 0.25) is 0 Å². The first-order valence-electron chi connectivity index (χ1n) is 4.48. The normalized spacial score (nSPS) is 28.9. The molecule has 0 aromatic rings. The fraction of sp³-hybridized carbons (Fsp3) is 0.300. The molecule has 66 valence electrons. The van der Waals surface area contributed by atoms with Crippen molar-refractivity contribution in [3.05, 3.63) is 35.3 Å². The smallest absolute Gasteiger partial charge is 0.142 e. The number of fused-ring (bicyclic) bond motifs is 2. The highest BCUT2D eigenvalue weighted by atomic mass is 16.5. The van der Waals surface area contributed by atoms with Crippen molar-refractivity contribution >= 4 is 6.21 Å². The highest BCUT2D eigenvalue weighted by molar-refractivity contribution is 5.79. The Balaban J connectivity index is 2.07. The SMILES string of the molecule is C1=CC2N=CC=C2C2=C1OCCN2. The summed E-state index contributed by atoms with van der Waals surface area (Å²) in [6, 6.07) is 0.216. The zero-order valence-corrected chi connectivity index (χ0v) is 7.16. The molecule has 0 saturated heterocycles. The molecule has 1 unspecified atom stereocenters. The fourth-order valence-electron chi connectivity index (χ4n) is 1.83. The summed E-state index contributed by atoms with van der Waals surface area (Å²) in [7, 11) is 0. The van der Waals surface area contributed by atoms with Crippen molar-refractivity contribution in [1.82, 2.24) is 5.32 Å². The quantitative estimate of drug-likeness (QED) is 0.588. The Labute approximate surface area is 76.5 Å². The molecule has 3 nitrogen and oxygen atoms in total. The zero-order chi connectivity index (χ0) is 8.67. The summed E-state index contributed by atoms with van der Waals surface area (Å²) < 4.78 is 5.52. The first-order valence-corrected chi connectivity index (χ1v) is 4.48. The van der Waals surface area contributed by atoms with Crippen molar-refractivity contribution in [2.24, 2.45) is 4.99 Å². The van der Waals surface area contributed by atoms with E-state index in [1.807, 2.05) is 18.4 Å². The molecular formula is C10H10N2O. The lowest BCUT2D eigenvalue weighted by atomic mass is 9.98. The molecule has 0 saturated carbocycles. The predicted molar refractivity (Wildman–Crippen MR) is 50.5 cm³/mol. The van der Waals surface area contributed by atoms with Crippen molar-refractivity contribution in [1.29, 1.82) is 0 Å². The van der Waals surface area contributed by atoms with Gasteiger partial charge in [-0.3, -0.25) is 4.99 Å². The molecule has 0 radical (unpaired) electrons. The number of rotatable bonds is 0. The van der Waals surface area contributed by atoms with Crippen molar-refractivity contribution in [2.75, 3.05) is 13.2 Å². The van der Waals surface area contributed by atoms with E-state index < -0.39 is 0 Å². The molecule has 1 aliphatic carbocycles. The number of nitrogens with one attached hydrogen (secondary N) is 1. The molecule has 0 fully saturated rings. The van der Waals surface area contributed by atoms with Gasteiger partial charge < -0.3 is 10.1 Å². The predicted octanol–water partition coefficient (Wildman–Crippen LogP) is 0.767. The van der Waals surface area contributed by atoms with E-state index in [-0.39, 0.29) is 6.04 Å². The van der Waals surface area contributed by atoms with E-state index in [4.69, 9.17) is 4.74 Å². The van der Waals surface area contributed by atoms with Gasteiger partial charge in [0.25, 0.3) is 0 Å². The van der Waals surface area contributed by atoms with Gasteiger partial charge in [-0.1, -0.05) is 6.08 Å². The molecule has 0 amide bonds. The topological polar surface area (TPSA) is 33.6 Å². The monoisotopic (exact) mass is 174 g/mol. The lowest BCUT2D eigenvalue weighted by Gasteiger charge is -2.26. The Morgan fingerprint density at radius 3 is 3.54 bits per heavy atom. The summed E-state index contributed by atoms with van der Waals surface area (Å²) in [5.74, 6) is 0.958. The van der Waals surface area contributed by atoms with Gasteiger partial charge >= 0.3 is 0 Å². The second-order valence-corrected chi connectivity index (χ2v) is 3.24. The van der Waals surface area contributed by atoms with E-state index in [9.17, 15) is 0 Å². The number of aliphatic imine (C=N–C) groups is 1. The molecular weight excluding hydrogens is 164 g/mol. The van der Waals surface area contributed by atoms with Gasteiger partial charge in [0.15, 0.2) is 0 Å². The van der Waals surface area contributed by atoms with Crippen molar-refractivity contribution in [3.63, 3.8) is 0 Å². The van der Waals surface area contributed by atoms with Crippen LogP contribution in [0.2, 0.25) is 0 Å². The Bertz CT molecular complexity index is 363. The molecule has 1 atom stereocenters. The van der Waals surface area contributed by atoms with Crippen LogP contribution in [0, 0.1) is 0 Å². The Hall–Kier alpha value is -1.51. The van der Waals surface area contributed by atoms with Gasteiger partial charge in [-0.05, 0) is 12.2 Å².